The Bertz CT molecular complexity index is 1490. The van der Waals surface area contributed by atoms with Crippen molar-refractivity contribution in [2.24, 2.45) is 0 Å². The summed E-state index contributed by atoms with van der Waals surface area (Å²) >= 11 is 0. The zero-order valence-corrected chi connectivity index (χ0v) is 48.5. The van der Waals surface area contributed by atoms with Gasteiger partial charge in [0.2, 0.25) is 0 Å². The number of esters is 2. The number of carbonyl (C=O) groups excluding carboxylic acids is 2. The highest BCUT2D eigenvalue weighted by Crippen LogP contribution is 2.16. The zero-order valence-electron chi connectivity index (χ0n) is 48.5. The Kier molecular flexibility index (Phi) is 53.0. The van der Waals surface area contributed by atoms with Crippen LogP contribution in [-0.4, -0.2) is 87.4 Å². The van der Waals surface area contributed by atoms with Crippen molar-refractivity contribution in [1.29, 1.82) is 0 Å². The third-order valence-corrected chi connectivity index (χ3v) is 12.9. The van der Waals surface area contributed by atoms with Crippen LogP contribution in [0.15, 0.2) is 85.1 Å². The fraction of sp³-hybridized carbons (Fsp3) is 0.738. The standard InChI is InChI=1S/C65H113NO8/c1-6-8-10-12-14-16-18-20-22-24-25-26-27-28-29-30-31-32-33-34-35-36-37-38-39-40-42-44-46-48-50-52-54-56-63(68)74-61(60-73-65(64(69)70)71-58-57-66(3,4)5)59-72-62(67)55-53-51-49-47-45-43-41-23-21-19-17-15-13-11-9-7-2/h8,10,14,16,20,22,25-26,28-29,31-32,34-35,61,65H,6-7,9,11-13,15,17-19,21,23-24,27,30,33,36-60H2,1-5H3/p+1/b10-8-,16-14-,22-20-,26-25-,29-28-,32-31-,35-34-. The number of quaternary nitrogens is 1. The van der Waals surface area contributed by atoms with Crippen molar-refractivity contribution in [2.45, 2.75) is 264 Å². The van der Waals surface area contributed by atoms with E-state index in [9.17, 15) is 19.5 Å². The van der Waals surface area contributed by atoms with E-state index in [4.69, 9.17) is 18.9 Å². The van der Waals surface area contributed by atoms with Gasteiger partial charge < -0.3 is 28.5 Å². The van der Waals surface area contributed by atoms with Crippen LogP contribution in [0.3, 0.4) is 0 Å². The maximum absolute atomic E-state index is 12.9. The molecule has 0 amide bonds. The zero-order chi connectivity index (χ0) is 54.1. The van der Waals surface area contributed by atoms with E-state index < -0.39 is 24.3 Å². The van der Waals surface area contributed by atoms with Crippen molar-refractivity contribution in [2.75, 3.05) is 47.5 Å². The molecule has 2 atom stereocenters. The van der Waals surface area contributed by atoms with Gasteiger partial charge in [-0.2, -0.15) is 0 Å². The molecule has 0 fully saturated rings. The van der Waals surface area contributed by atoms with E-state index in [-0.39, 0.29) is 32.2 Å². The molecular weight excluding hydrogens is 923 g/mol. The van der Waals surface area contributed by atoms with Gasteiger partial charge in [0.25, 0.3) is 6.29 Å². The lowest BCUT2D eigenvalue weighted by Gasteiger charge is -2.25. The van der Waals surface area contributed by atoms with Gasteiger partial charge in [-0.3, -0.25) is 9.59 Å². The highest BCUT2D eigenvalue weighted by atomic mass is 16.7. The summed E-state index contributed by atoms with van der Waals surface area (Å²) in [6, 6.07) is 0. The lowest BCUT2D eigenvalue weighted by molar-refractivity contribution is -0.870. The molecule has 0 rings (SSSR count). The lowest BCUT2D eigenvalue weighted by Crippen LogP contribution is -2.40. The average molecular weight is 1040 g/mol. The van der Waals surface area contributed by atoms with Crippen LogP contribution in [0, 0.1) is 0 Å². The van der Waals surface area contributed by atoms with Crippen molar-refractivity contribution in [1.82, 2.24) is 0 Å². The molecule has 1 N–H and O–H groups in total. The minimum Gasteiger partial charge on any atom is -0.477 e. The minimum absolute atomic E-state index is 0.183. The third-order valence-electron chi connectivity index (χ3n) is 12.9. The van der Waals surface area contributed by atoms with Crippen LogP contribution in [0.4, 0.5) is 0 Å². The highest BCUT2D eigenvalue weighted by Gasteiger charge is 2.25. The quantitative estimate of drug-likeness (QED) is 0.0211. The molecular formula is C65H114NO8+. The van der Waals surface area contributed by atoms with Crippen LogP contribution in [-0.2, 0) is 33.3 Å². The number of carboxylic acid groups (broad SMARTS) is 1. The molecule has 9 heteroatoms. The van der Waals surface area contributed by atoms with Gasteiger partial charge in [0.1, 0.15) is 13.2 Å². The second-order valence-corrected chi connectivity index (χ2v) is 21.3. The topological polar surface area (TPSA) is 108 Å². The molecule has 0 aliphatic carbocycles. The highest BCUT2D eigenvalue weighted by molar-refractivity contribution is 5.71. The number of unbranched alkanes of at least 4 members (excludes halogenated alkanes) is 26. The number of aliphatic carboxylic acids is 1. The summed E-state index contributed by atoms with van der Waals surface area (Å²) in [5, 5.41) is 9.70. The van der Waals surface area contributed by atoms with Crippen molar-refractivity contribution >= 4 is 17.9 Å². The number of carboxylic acids is 1. The second-order valence-electron chi connectivity index (χ2n) is 21.3. The Balaban J connectivity index is 4.18. The number of likely N-dealkylation sites (N-methyl/N-ethyl adjacent to an activating group) is 1. The van der Waals surface area contributed by atoms with Gasteiger partial charge in [0.15, 0.2) is 6.10 Å². The minimum atomic E-state index is -1.51. The normalized spacial score (nSPS) is 13.4. The summed E-state index contributed by atoms with van der Waals surface area (Å²) in [4.78, 5) is 37.4. The predicted octanol–water partition coefficient (Wildman–Crippen LogP) is 18.0. The molecule has 74 heavy (non-hydrogen) atoms. The fourth-order valence-corrected chi connectivity index (χ4v) is 8.29. The first-order chi connectivity index (χ1) is 36.1. The molecule has 0 saturated heterocycles. The predicted molar refractivity (Wildman–Crippen MR) is 313 cm³/mol. The number of nitrogens with zero attached hydrogens (tertiary/aromatic N) is 1. The van der Waals surface area contributed by atoms with E-state index in [2.05, 4.69) is 98.9 Å². The van der Waals surface area contributed by atoms with E-state index in [1.807, 2.05) is 21.1 Å². The molecule has 0 bridgehead atoms. The molecule has 0 saturated carbocycles. The van der Waals surface area contributed by atoms with E-state index in [0.717, 1.165) is 89.9 Å². The molecule has 0 aliphatic rings. The molecule has 0 aromatic carbocycles. The van der Waals surface area contributed by atoms with Gasteiger partial charge in [0, 0.05) is 12.8 Å². The number of carbonyl (C=O) groups is 3. The Hall–Kier alpha value is -3.53. The number of rotatable bonds is 55. The second kappa shape index (κ2) is 55.7. The van der Waals surface area contributed by atoms with Crippen molar-refractivity contribution in [3.05, 3.63) is 85.1 Å². The Labute approximate surface area is 455 Å². The largest absolute Gasteiger partial charge is 0.477 e. The number of ether oxygens (including phenoxy) is 4. The lowest BCUT2D eigenvalue weighted by atomic mass is 10.0. The Morgan fingerprint density at radius 3 is 1.15 bits per heavy atom. The summed E-state index contributed by atoms with van der Waals surface area (Å²) in [7, 11) is 5.97. The van der Waals surface area contributed by atoms with Crippen LogP contribution in [0.25, 0.3) is 0 Å². The van der Waals surface area contributed by atoms with Gasteiger partial charge in [-0.05, 0) is 70.6 Å². The summed E-state index contributed by atoms with van der Waals surface area (Å²) in [5.41, 5.74) is 0. The summed E-state index contributed by atoms with van der Waals surface area (Å²) in [5.74, 6) is -2.00. The van der Waals surface area contributed by atoms with Crippen molar-refractivity contribution in [3.8, 4) is 0 Å². The maximum atomic E-state index is 12.9. The monoisotopic (exact) mass is 1040 g/mol. The smallest absolute Gasteiger partial charge is 0.361 e. The molecule has 426 valence electrons. The van der Waals surface area contributed by atoms with Gasteiger partial charge in [0.05, 0.1) is 34.4 Å². The SMILES string of the molecule is CC/C=C\C/C=C\C/C=C\C/C=C\C/C=C\C/C=C\C/C=C\CCCCCCCCCCCCCC(=O)OC(COC(=O)CCCCCCCCCCCCCCCCCC)COC(OCC[N+](C)(C)C)C(=O)O. The van der Waals surface area contributed by atoms with E-state index >= 15 is 0 Å². The van der Waals surface area contributed by atoms with Crippen LogP contribution in [0.2, 0.25) is 0 Å². The molecule has 0 aliphatic heterocycles. The van der Waals surface area contributed by atoms with Gasteiger partial charge in [-0.25, -0.2) is 4.79 Å². The first kappa shape index (κ1) is 70.5. The molecule has 2 unspecified atom stereocenters. The molecule has 0 radical (unpaired) electrons. The van der Waals surface area contributed by atoms with Crippen LogP contribution < -0.4 is 0 Å². The molecule has 0 aromatic heterocycles. The fourth-order valence-electron chi connectivity index (χ4n) is 8.29. The summed E-state index contributed by atoms with van der Waals surface area (Å²) in [6.45, 7) is 4.78. The van der Waals surface area contributed by atoms with Gasteiger partial charge in [-0.15, -0.1) is 0 Å². The Morgan fingerprint density at radius 1 is 0.419 bits per heavy atom. The van der Waals surface area contributed by atoms with Crippen molar-refractivity contribution in [3.63, 3.8) is 0 Å². The molecule has 0 aromatic rings. The molecule has 0 heterocycles. The van der Waals surface area contributed by atoms with Crippen LogP contribution in [0.1, 0.15) is 251 Å². The first-order valence-electron chi connectivity index (χ1n) is 30.3. The molecule has 9 nitrogen and oxygen atoms in total. The van der Waals surface area contributed by atoms with Gasteiger partial charge >= 0.3 is 17.9 Å². The van der Waals surface area contributed by atoms with E-state index in [1.165, 1.54) is 128 Å². The van der Waals surface area contributed by atoms with E-state index in [0.29, 0.717) is 23.9 Å². The van der Waals surface area contributed by atoms with E-state index in [1.54, 1.807) is 0 Å². The number of allylic oxidation sites excluding steroid dienone is 14. The number of hydrogen-bond donors (Lipinski definition) is 1. The summed E-state index contributed by atoms with van der Waals surface area (Å²) < 4.78 is 22.9. The number of hydrogen-bond acceptors (Lipinski definition) is 7. The average Bonchev–Trinajstić information content (AvgIpc) is 3.37. The maximum Gasteiger partial charge on any atom is 0.361 e. The van der Waals surface area contributed by atoms with Crippen molar-refractivity contribution < 1.29 is 42.9 Å². The van der Waals surface area contributed by atoms with Gasteiger partial charge in [-0.1, -0.05) is 253 Å². The third kappa shape index (κ3) is 56.2. The first-order valence-corrected chi connectivity index (χ1v) is 30.3. The summed E-state index contributed by atoms with van der Waals surface area (Å²) in [6.07, 6.45) is 70.9. The molecule has 0 spiro atoms. The Morgan fingerprint density at radius 2 is 0.770 bits per heavy atom. The van der Waals surface area contributed by atoms with Crippen LogP contribution in [0.5, 0.6) is 0 Å². The van der Waals surface area contributed by atoms with Crippen LogP contribution >= 0.6 is 0 Å².